The zero-order valence-electron chi connectivity index (χ0n) is 26.5. The number of fused-ring (bicyclic) bond motifs is 3. The second-order valence-electron chi connectivity index (χ2n) is 12.7. The lowest BCUT2D eigenvalue weighted by Crippen LogP contribution is -2.41. The minimum atomic E-state index is -0.340. The van der Waals surface area contributed by atoms with Crippen LogP contribution in [0.25, 0.3) is 11.1 Å². The monoisotopic (exact) mass is 621 g/mol. The van der Waals surface area contributed by atoms with Gasteiger partial charge in [0, 0.05) is 62.3 Å². The number of nitrogens with zero attached hydrogens (tertiary/aromatic N) is 5. The number of nitrogens with one attached hydrogen (secondary N) is 2. The highest BCUT2D eigenvalue weighted by atomic mass is 16.3. The van der Waals surface area contributed by atoms with Gasteiger partial charge in [0.25, 0.3) is 11.5 Å². The highest BCUT2D eigenvalue weighted by Crippen LogP contribution is 2.40. The molecule has 11 nitrogen and oxygen atoms in total. The molecule has 0 saturated carbocycles. The molecule has 0 aromatic carbocycles. The fourth-order valence-corrected chi connectivity index (χ4v) is 6.52. The Morgan fingerprint density at radius 2 is 1.93 bits per heavy atom. The summed E-state index contributed by atoms with van der Waals surface area (Å²) >= 11 is 0. The number of pyridine rings is 3. The molecule has 1 amide bonds. The van der Waals surface area contributed by atoms with E-state index >= 15 is 0 Å². The summed E-state index contributed by atoms with van der Waals surface area (Å²) in [5.74, 6) is 1.36. The van der Waals surface area contributed by atoms with Crippen LogP contribution < -0.4 is 21.1 Å². The van der Waals surface area contributed by atoms with Crippen molar-refractivity contribution in [3.05, 3.63) is 94.3 Å². The molecule has 0 spiro atoms. The van der Waals surface area contributed by atoms with Crippen molar-refractivity contribution in [2.45, 2.75) is 52.7 Å². The number of aliphatic hydroxyl groups excluding tert-OH is 1. The molecule has 0 bridgehead atoms. The van der Waals surface area contributed by atoms with E-state index in [2.05, 4.69) is 45.6 Å². The molecule has 3 N–H and O–H groups in total. The van der Waals surface area contributed by atoms with E-state index in [9.17, 15) is 19.5 Å². The van der Waals surface area contributed by atoms with Crippen LogP contribution in [0.5, 0.6) is 0 Å². The Morgan fingerprint density at radius 3 is 2.72 bits per heavy atom. The normalized spacial score (nSPS) is 15.0. The van der Waals surface area contributed by atoms with Crippen LogP contribution in [0.3, 0.4) is 0 Å². The van der Waals surface area contributed by atoms with Gasteiger partial charge in [-0.05, 0) is 72.2 Å². The number of aliphatic hydroxyl groups is 1. The van der Waals surface area contributed by atoms with Gasteiger partial charge in [-0.1, -0.05) is 26.5 Å². The zero-order valence-corrected chi connectivity index (χ0v) is 26.5. The van der Waals surface area contributed by atoms with Gasteiger partial charge in [-0.25, -0.2) is 9.97 Å². The molecule has 0 saturated heterocycles. The lowest BCUT2D eigenvalue weighted by Gasteiger charge is -2.31. The third-order valence-corrected chi connectivity index (χ3v) is 8.71. The van der Waals surface area contributed by atoms with Crippen LogP contribution >= 0.6 is 0 Å². The van der Waals surface area contributed by atoms with Gasteiger partial charge >= 0.3 is 0 Å². The van der Waals surface area contributed by atoms with Gasteiger partial charge in [0.15, 0.2) is 5.78 Å². The molecule has 2 aliphatic rings. The number of carbonyl (C=O) groups excluding carboxylic acids is 2. The Balaban J connectivity index is 1.26. The third-order valence-electron chi connectivity index (χ3n) is 8.71. The summed E-state index contributed by atoms with van der Waals surface area (Å²) in [6.45, 7) is 9.33. The van der Waals surface area contributed by atoms with Crippen LogP contribution in [-0.2, 0) is 37.8 Å². The van der Waals surface area contributed by atoms with Crippen molar-refractivity contribution in [1.29, 1.82) is 0 Å². The summed E-state index contributed by atoms with van der Waals surface area (Å²) in [5, 5.41) is 17.0. The van der Waals surface area contributed by atoms with Gasteiger partial charge in [-0.15, -0.1) is 0 Å². The number of rotatable bonds is 11. The molecule has 6 rings (SSSR count). The molecule has 238 valence electrons. The molecule has 4 aromatic rings. The molecular weight excluding hydrogens is 582 g/mol. The summed E-state index contributed by atoms with van der Waals surface area (Å²) in [4.78, 5) is 49.2. The Hall–Kier alpha value is -5.03. The molecule has 5 heterocycles. The summed E-state index contributed by atoms with van der Waals surface area (Å²) in [7, 11) is 1.66. The first-order valence-electron chi connectivity index (χ1n) is 15.5. The molecular formula is C35H39N7O4. The van der Waals surface area contributed by atoms with Crippen LogP contribution in [0.1, 0.15) is 54.0 Å². The molecule has 4 aromatic heterocycles. The van der Waals surface area contributed by atoms with Gasteiger partial charge in [-0.3, -0.25) is 19.3 Å². The van der Waals surface area contributed by atoms with E-state index in [1.807, 2.05) is 18.2 Å². The Kier molecular flexibility index (Phi) is 8.35. The van der Waals surface area contributed by atoms with Crippen molar-refractivity contribution in [1.82, 2.24) is 19.1 Å². The molecule has 0 unspecified atom stereocenters. The second-order valence-corrected chi connectivity index (χ2v) is 12.7. The van der Waals surface area contributed by atoms with Gasteiger partial charge in [0.2, 0.25) is 0 Å². The number of ketones is 1. The van der Waals surface area contributed by atoms with Crippen molar-refractivity contribution in [2.24, 2.45) is 12.5 Å². The molecule has 0 fully saturated rings. The van der Waals surface area contributed by atoms with Crippen LogP contribution in [0.4, 0.5) is 23.1 Å². The van der Waals surface area contributed by atoms with Gasteiger partial charge in [0.1, 0.15) is 28.8 Å². The quantitative estimate of drug-likeness (QED) is 0.163. The predicted octanol–water partition coefficient (Wildman–Crippen LogP) is 4.61. The maximum atomic E-state index is 13.8. The number of allylic oxidation sites excluding steroid dienone is 1. The number of anilines is 4. The molecule has 0 radical (unpaired) electrons. The Bertz CT molecular complexity index is 1910. The standard InChI is InChI=1S/C35H39N7O4/c1-5-24(44)8-7-12-36-30-9-6-10-31(39-30)38-27-16-23(20-40(4)33(27)45)25-11-13-37-32(26(25)21-43)42-15-14-41-28(34(42)46)17-22-18-35(2,3)19-29(22)41/h5-6,9-11,13,16-17,20,43H,1,7-8,12,14-15,18-19,21H2,2-4H3,(H2,36,38,39). The summed E-state index contributed by atoms with van der Waals surface area (Å²) in [5.41, 5.74) is 5.23. The molecule has 46 heavy (non-hydrogen) atoms. The van der Waals surface area contributed by atoms with E-state index in [4.69, 9.17) is 0 Å². The molecule has 0 atom stereocenters. The molecule has 1 aliphatic carbocycles. The minimum Gasteiger partial charge on any atom is -0.392 e. The third kappa shape index (κ3) is 5.97. The van der Waals surface area contributed by atoms with E-state index < -0.39 is 0 Å². The number of hydrogen-bond donors (Lipinski definition) is 3. The average molecular weight is 622 g/mol. The van der Waals surface area contributed by atoms with Crippen LogP contribution in [0, 0.1) is 5.41 Å². The molecule has 1 aliphatic heterocycles. The fourth-order valence-electron chi connectivity index (χ4n) is 6.52. The summed E-state index contributed by atoms with van der Waals surface area (Å²) in [6, 6.07) is 10.9. The number of hydrogen-bond acceptors (Lipinski definition) is 8. The second kappa shape index (κ2) is 12.4. The lowest BCUT2D eigenvalue weighted by atomic mass is 9.90. The zero-order chi connectivity index (χ0) is 32.6. The maximum Gasteiger partial charge on any atom is 0.276 e. The van der Waals surface area contributed by atoms with Gasteiger partial charge in [0.05, 0.1) is 6.61 Å². The van der Waals surface area contributed by atoms with Crippen LogP contribution in [0.2, 0.25) is 0 Å². The SMILES string of the molecule is C=CC(=O)CCCNc1cccc(Nc2cc(-c3ccnc(N4CCn5c(cc6c5CC(C)(C)C6)C4=O)c3CO)cn(C)c2=O)n1. The largest absolute Gasteiger partial charge is 0.392 e. The van der Waals surface area contributed by atoms with Crippen LogP contribution in [0.15, 0.2) is 66.2 Å². The highest BCUT2D eigenvalue weighted by molar-refractivity contribution is 6.06. The van der Waals surface area contributed by atoms with E-state index in [1.165, 1.54) is 21.9 Å². The van der Waals surface area contributed by atoms with Crippen molar-refractivity contribution in [3.63, 3.8) is 0 Å². The van der Waals surface area contributed by atoms with E-state index in [-0.39, 0.29) is 29.3 Å². The van der Waals surface area contributed by atoms with Crippen molar-refractivity contribution in [3.8, 4) is 11.1 Å². The van der Waals surface area contributed by atoms with E-state index in [0.717, 1.165) is 12.8 Å². The Morgan fingerprint density at radius 1 is 1.13 bits per heavy atom. The first-order valence-corrected chi connectivity index (χ1v) is 15.5. The van der Waals surface area contributed by atoms with Crippen LogP contribution in [-0.4, -0.2) is 49.0 Å². The van der Waals surface area contributed by atoms with Gasteiger partial charge < -0.3 is 24.9 Å². The lowest BCUT2D eigenvalue weighted by molar-refractivity contribution is -0.114. The van der Waals surface area contributed by atoms with E-state index in [0.29, 0.717) is 78.0 Å². The minimum absolute atomic E-state index is 0.00330. The summed E-state index contributed by atoms with van der Waals surface area (Å²) < 4.78 is 3.62. The smallest absolute Gasteiger partial charge is 0.276 e. The highest BCUT2D eigenvalue weighted by Gasteiger charge is 2.37. The Labute approximate surface area is 267 Å². The number of aromatic nitrogens is 4. The topological polar surface area (TPSA) is 134 Å². The first kappa shape index (κ1) is 31.0. The van der Waals surface area contributed by atoms with Crippen molar-refractivity contribution < 1.29 is 14.7 Å². The maximum absolute atomic E-state index is 13.8. The fraction of sp³-hybridized carbons (Fsp3) is 0.343. The van der Waals surface area contributed by atoms with Crippen molar-refractivity contribution >= 4 is 34.8 Å². The molecule has 11 heteroatoms. The number of aryl methyl sites for hydroxylation is 1. The van der Waals surface area contributed by atoms with E-state index in [1.54, 1.807) is 42.5 Å². The van der Waals surface area contributed by atoms with Gasteiger partial charge in [-0.2, -0.15) is 0 Å². The number of amides is 1. The van der Waals surface area contributed by atoms with Crippen molar-refractivity contribution in [2.75, 3.05) is 28.6 Å². The number of carbonyl (C=O) groups is 2. The first-order chi connectivity index (χ1) is 22.1. The average Bonchev–Trinajstić information content (AvgIpc) is 3.53. The predicted molar refractivity (Wildman–Crippen MR) is 179 cm³/mol. The summed E-state index contributed by atoms with van der Waals surface area (Å²) in [6.07, 6.45) is 7.60.